The van der Waals surface area contributed by atoms with Gasteiger partial charge in [-0.3, -0.25) is 0 Å². The van der Waals surface area contributed by atoms with E-state index >= 15 is 0 Å². The minimum atomic E-state index is -1.08. The SMILES string of the molecule is O=C(O)c1cn(Cc2nc3ccccc3s2)nn1. The molecular weight excluding hydrogens is 252 g/mol. The van der Waals surface area contributed by atoms with Crippen LogP contribution in [-0.4, -0.2) is 31.1 Å². The monoisotopic (exact) mass is 260 g/mol. The summed E-state index contributed by atoms with van der Waals surface area (Å²) in [6, 6.07) is 7.84. The first-order valence-corrected chi connectivity index (χ1v) is 6.02. The van der Waals surface area contributed by atoms with Gasteiger partial charge in [0.2, 0.25) is 0 Å². The summed E-state index contributed by atoms with van der Waals surface area (Å²) in [5.74, 6) is -1.08. The van der Waals surface area contributed by atoms with Crippen LogP contribution in [0.3, 0.4) is 0 Å². The van der Waals surface area contributed by atoms with Crippen LogP contribution in [0.4, 0.5) is 0 Å². The molecule has 0 atom stereocenters. The topological polar surface area (TPSA) is 80.9 Å². The number of hydrogen-bond acceptors (Lipinski definition) is 5. The van der Waals surface area contributed by atoms with Gasteiger partial charge in [0, 0.05) is 0 Å². The summed E-state index contributed by atoms with van der Waals surface area (Å²) in [5.41, 5.74) is 0.882. The van der Waals surface area contributed by atoms with Crippen LogP contribution in [0.2, 0.25) is 0 Å². The molecular formula is C11H8N4O2S. The van der Waals surface area contributed by atoms with Gasteiger partial charge < -0.3 is 5.11 Å². The fraction of sp³-hybridized carbons (Fsp3) is 0.0909. The predicted octanol–water partition coefficient (Wildman–Crippen LogP) is 1.63. The summed E-state index contributed by atoms with van der Waals surface area (Å²) in [6.45, 7) is 0.430. The number of fused-ring (bicyclic) bond motifs is 1. The van der Waals surface area contributed by atoms with Gasteiger partial charge in [-0.2, -0.15) is 0 Å². The van der Waals surface area contributed by atoms with E-state index in [2.05, 4.69) is 15.3 Å². The molecule has 0 aliphatic heterocycles. The van der Waals surface area contributed by atoms with Gasteiger partial charge in [-0.15, -0.1) is 16.4 Å². The Morgan fingerprint density at radius 2 is 2.22 bits per heavy atom. The Morgan fingerprint density at radius 1 is 1.39 bits per heavy atom. The predicted molar refractivity (Wildman–Crippen MR) is 65.7 cm³/mol. The number of para-hydroxylation sites is 1. The molecule has 0 spiro atoms. The molecule has 18 heavy (non-hydrogen) atoms. The van der Waals surface area contributed by atoms with Crippen molar-refractivity contribution in [1.82, 2.24) is 20.0 Å². The molecule has 1 N–H and O–H groups in total. The van der Waals surface area contributed by atoms with Gasteiger partial charge in [0.1, 0.15) is 5.01 Å². The summed E-state index contributed by atoms with van der Waals surface area (Å²) < 4.78 is 2.58. The molecule has 2 aromatic heterocycles. The quantitative estimate of drug-likeness (QED) is 0.774. The molecule has 0 amide bonds. The number of nitrogens with zero attached hydrogens (tertiary/aromatic N) is 4. The Bertz CT molecular complexity index is 685. The van der Waals surface area contributed by atoms with Gasteiger partial charge >= 0.3 is 5.97 Å². The Hall–Kier alpha value is -2.28. The number of carboxylic acid groups (broad SMARTS) is 1. The maximum Gasteiger partial charge on any atom is 0.358 e. The van der Waals surface area contributed by atoms with Crippen LogP contribution in [0.15, 0.2) is 30.5 Å². The van der Waals surface area contributed by atoms with Crippen LogP contribution in [0.1, 0.15) is 15.5 Å². The Morgan fingerprint density at radius 3 is 2.94 bits per heavy atom. The van der Waals surface area contributed by atoms with Crippen LogP contribution in [-0.2, 0) is 6.54 Å². The van der Waals surface area contributed by atoms with Crippen molar-refractivity contribution in [3.05, 3.63) is 41.2 Å². The largest absolute Gasteiger partial charge is 0.476 e. The molecule has 0 aliphatic rings. The highest BCUT2D eigenvalue weighted by Gasteiger charge is 2.10. The van der Waals surface area contributed by atoms with Crippen molar-refractivity contribution in [2.24, 2.45) is 0 Å². The van der Waals surface area contributed by atoms with Gasteiger partial charge in [-0.1, -0.05) is 17.3 Å². The van der Waals surface area contributed by atoms with Gasteiger partial charge in [0.05, 0.1) is 23.0 Å². The molecule has 1 aromatic carbocycles. The zero-order valence-corrected chi connectivity index (χ0v) is 9.96. The second kappa shape index (κ2) is 4.19. The normalized spacial score (nSPS) is 10.9. The van der Waals surface area contributed by atoms with E-state index in [1.165, 1.54) is 10.9 Å². The molecule has 3 aromatic rings. The van der Waals surface area contributed by atoms with Crippen molar-refractivity contribution in [2.45, 2.75) is 6.54 Å². The smallest absolute Gasteiger partial charge is 0.358 e. The van der Waals surface area contributed by atoms with Crippen molar-refractivity contribution < 1.29 is 9.90 Å². The van der Waals surface area contributed by atoms with Gasteiger partial charge in [-0.05, 0) is 12.1 Å². The van der Waals surface area contributed by atoms with E-state index in [1.807, 2.05) is 24.3 Å². The lowest BCUT2D eigenvalue weighted by Crippen LogP contribution is -1.99. The summed E-state index contributed by atoms with van der Waals surface area (Å²) >= 11 is 1.56. The Balaban J connectivity index is 1.88. The van der Waals surface area contributed by atoms with E-state index in [9.17, 15) is 4.79 Å². The van der Waals surface area contributed by atoms with Crippen LogP contribution in [0.25, 0.3) is 10.2 Å². The number of hydrogen-bond donors (Lipinski definition) is 1. The van der Waals surface area contributed by atoms with E-state index < -0.39 is 5.97 Å². The van der Waals surface area contributed by atoms with Crippen LogP contribution in [0.5, 0.6) is 0 Å². The van der Waals surface area contributed by atoms with Gasteiger partial charge in [-0.25, -0.2) is 14.5 Å². The third-order valence-corrected chi connectivity index (χ3v) is 3.41. The first-order valence-electron chi connectivity index (χ1n) is 5.20. The lowest BCUT2D eigenvalue weighted by Gasteiger charge is -1.93. The molecule has 2 heterocycles. The minimum Gasteiger partial charge on any atom is -0.476 e. The van der Waals surface area contributed by atoms with E-state index in [4.69, 9.17) is 5.11 Å². The molecule has 0 fully saturated rings. The molecule has 0 radical (unpaired) electrons. The number of aromatic carboxylic acids is 1. The fourth-order valence-electron chi connectivity index (χ4n) is 1.60. The average Bonchev–Trinajstić information content (AvgIpc) is 2.94. The van der Waals surface area contributed by atoms with Crippen molar-refractivity contribution in [3.63, 3.8) is 0 Å². The Labute approximate surface area is 106 Å². The summed E-state index contributed by atoms with van der Waals surface area (Å²) in [6.07, 6.45) is 1.40. The lowest BCUT2D eigenvalue weighted by molar-refractivity contribution is 0.0690. The molecule has 0 aliphatic carbocycles. The van der Waals surface area contributed by atoms with Crippen molar-refractivity contribution in [2.75, 3.05) is 0 Å². The second-order valence-corrected chi connectivity index (χ2v) is 4.80. The summed E-state index contributed by atoms with van der Waals surface area (Å²) in [4.78, 5) is 15.1. The highest BCUT2D eigenvalue weighted by molar-refractivity contribution is 7.18. The maximum absolute atomic E-state index is 10.7. The third kappa shape index (κ3) is 1.95. The first-order chi connectivity index (χ1) is 8.72. The van der Waals surface area contributed by atoms with Gasteiger partial charge in [0.25, 0.3) is 0 Å². The summed E-state index contributed by atoms with van der Waals surface area (Å²) in [7, 11) is 0. The first kappa shape index (κ1) is 10.8. The number of carbonyl (C=O) groups is 1. The van der Waals surface area contributed by atoms with Crippen LogP contribution in [0, 0.1) is 0 Å². The Kier molecular flexibility index (Phi) is 2.52. The van der Waals surface area contributed by atoms with E-state index in [0.717, 1.165) is 15.2 Å². The van der Waals surface area contributed by atoms with E-state index in [0.29, 0.717) is 6.54 Å². The van der Waals surface area contributed by atoms with Crippen molar-refractivity contribution >= 4 is 27.5 Å². The molecule has 0 bridgehead atoms. The average molecular weight is 260 g/mol. The molecule has 6 nitrogen and oxygen atoms in total. The van der Waals surface area contributed by atoms with Gasteiger partial charge in [0.15, 0.2) is 5.69 Å². The number of carboxylic acids is 1. The van der Waals surface area contributed by atoms with Crippen molar-refractivity contribution in [3.8, 4) is 0 Å². The number of benzene rings is 1. The molecule has 90 valence electrons. The minimum absolute atomic E-state index is 0.0592. The summed E-state index contributed by atoms with van der Waals surface area (Å²) in [5, 5.41) is 16.9. The molecule has 0 unspecified atom stereocenters. The number of thiazole rings is 1. The van der Waals surface area contributed by atoms with Crippen molar-refractivity contribution in [1.29, 1.82) is 0 Å². The lowest BCUT2D eigenvalue weighted by atomic mass is 10.3. The van der Waals surface area contributed by atoms with Crippen LogP contribution < -0.4 is 0 Å². The second-order valence-electron chi connectivity index (χ2n) is 3.68. The zero-order valence-electron chi connectivity index (χ0n) is 9.15. The van der Waals surface area contributed by atoms with E-state index in [1.54, 1.807) is 11.3 Å². The standard InChI is InChI=1S/C11H8N4O2S/c16-11(17)8-5-15(14-13-8)6-10-12-7-3-1-2-4-9(7)18-10/h1-5H,6H2,(H,16,17). The zero-order chi connectivity index (χ0) is 12.5. The number of aromatic nitrogens is 4. The number of rotatable bonds is 3. The highest BCUT2D eigenvalue weighted by atomic mass is 32.1. The highest BCUT2D eigenvalue weighted by Crippen LogP contribution is 2.21. The molecule has 0 saturated carbocycles. The third-order valence-electron chi connectivity index (χ3n) is 2.39. The molecule has 3 rings (SSSR count). The maximum atomic E-state index is 10.7. The molecule has 7 heteroatoms. The molecule has 0 saturated heterocycles. The van der Waals surface area contributed by atoms with E-state index in [-0.39, 0.29) is 5.69 Å². The van der Waals surface area contributed by atoms with Crippen LogP contribution >= 0.6 is 11.3 Å². The fourth-order valence-corrected chi connectivity index (χ4v) is 2.56.